The molecule has 134 valence electrons. The Morgan fingerprint density at radius 2 is 2.04 bits per heavy atom. The van der Waals surface area contributed by atoms with E-state index in [1.165, 1.54) is 0 Å². The number of aromatic nitrogens is 1. The number of hydrogen-bond donors (Lipinski definition) is 2. The van der Waals surface area contributed by atoms with Crippen molar-refractivity contribution in [3.05, 3.63) is 35.5 Å². The summed E-state index contributed by atoms with van der Waals surface area (Å²) >= 11 is 0. The first kappa shape index (κ1) is 17.3. The number of rotatable bonds is 3. The van der Waals surface area contributed by atoms with Crippen LogP contribution in [-0.4, -0.2) is 33.4 Å². The minimum atomic E-state index is -0.849. The van der Waals surface area contributed by atoms with E-state index in [0.717, 1.165) is 35.0 Å². The molecular weight excluding hydrogens is 320 g/mol. The first-order valence-electron chi connectivity index (χ1n) is 8.55. The van der Waals surface area contributed by atoms with E-state index in [4.69, 9.17) is 4.74 Å². The molecule has 0 fully saturated rings. The molecule has 2 aromatic rings. The summed E-state index contributed by atoms with van der Waals surface area (Å²) in [7, 11) is 0. The Morgan fingerprint density at radius 1 is 1.32 bits per heavy atom. The van der Waals surface area contributed by atoms with Crippen LogP contribution in [0.25, 0.3) is 10.9 Å². The van der Waals surface area contributed by atoms with Crippen LogP contribution in [0.5, 0.6) is 0 Å². The summed E-state index contributed by atoms with van der Waals surface area (Å²) in [5, 5.41) is 13.2. The van der Waals surface area contributed by atoms with Gasteiger partial charge in [0.2, 0.25) is 0 Å². The molecule has 1 aromatic heterocycles. The molecule has 0 saturated heterocycles. The van der Waals surface area contributed by atoms with Gasteiger partial charge < -0.3 is 19.7 Å². The topological polar surface area (TPSA) is 80.6 Å². The zero-order valence-electron chi connectivity index (χ0n) is 14.8. The predicted molar refractivity (Wildman–Crippen MR) is 94.8 cm³/mol. The van der Waals surface area contributed by atoms with Crippen LogP contribution >= 0.6 is 0 Å². The van der Waals surface area contributed by atoms with Gasteiger partial charge in [0.15, 0.2) is 0 Å². The molecule has 1 amide bonds. The largest absolute Gasteiger partial charge is 0.480 e. The summed E-state index contributed by atoms with van der Waals surface area (Å²) in [5.74, 6) is -0.849. The number of carboxylic acid groups (broad SMARTS) is 1. The van der Waals surface area contributed by atoms with E-state index >= 15 is 0 Å². The van der Waals surface area contributed by atoms with Gasteiger partial charge in [-0.15, -0.1) is 0 Å². The number of benzene rings is 1. The quantitative estimate of drug-likeness (QED) is 0.896. The predicted octanol–water partition coefficient (Wildman–Crippen LogP) is 3.11. The normalized spacial score (nSPS) is 17.2. The van der Waals surface area contributed by atoms with Gasteiger partial charge in [0.25, 0.3) is 0 Å². The van der Waals surface area contributed by atoms with Gasteiger partial charge in [-0.3, -0.25) is 4.79 Å². The summed E-state index contributed by atoms with van der Waals surface area (Å²) in [5.41, 5.74) is 2.60. The molecule has 0 radical (unpaired) electrons. The highest BCUT2D eigenvalue weighted by atomic mass is 16.6. The number of fused-ring (bicyclic) bond motifs is 3. The number of amides is 1. The monoisotopic (exact) mass is 344 g/mol. The highest BCUT2D eigenvalue weighted by molar-refractivity contribution is 5.87. The van der Waals surface area contributed by atoms with Crippen molar-refractivity contribution in [2.24, 2.45) is 0 Å². The van der Waals surface area contributed by atoms with Crippen LogP contribution in [0.15, 0.2) is 24.3 Å². The number of nitrogens with one attached hydrogen (secondary N) is 1. The first-order valence-corrected chi connectivity index (χ1v) is 8.55. The second-order valence-corrected chi connectivity index (χ2v) is 7.51. The number of carbonyl (C=O) groups excluding carboxylic acids is 1. The van der Waals surface area contributed by atoms with E-state index in [1.807, 2.05) is 49.6 Å². The second kappa shape index (κ2) is 6.43. The van der Waals surface area contributed by atoms with Crippen LogP contribution in [0.1, 0.15) is 38.4 Å². The zero-order valence-corrected chi connectivity index (χ0v) is 14.8. The third kappa shape index (κ3) is 3.78. The third-order valence-corrected chi connectivity index (χ3v) is 4.39. The minimum absolute atomic E-state index is 0.00793. The van der Waals surface area contributed by atoms with Gasteiger partial charge in [0.05, 0.1) is 0 Å². The maximum Gasteiger partial charge on any atom is 0.407 e. The fourth-order valence-corrected chi connectivity index (χ4v) is 3.51. The van der Waals surface area contributed by atoms with Gasteiger partial charge in [0.1, 0.15) is 12.1 Å². The van der Waals surface area contributed by atoms with Crippen molar-refractivity contribution in [3.8, 4) is 0 Å². The highest BCUT2D eigenvalue weighted by Crippen LogP contribution is 2.32. The molecule has 1 aromatic carbocycles. The van der Waals surface area contributed by atoms with E-state index in [1.54, 1.807) is 0 Å². The molecule has 1 atom stereocenters. The van der Waals surface area contributed by atoms with Gasteiger partial charge >= 0.3 is 12.1 Å². The third-order valence-electron chi connectivity index (χ3n) is 4.39. The van der Waals surface area contributed by atoms with E-state index in [-0.39, 0.29) is 12.6 Å². The second-order valence-electron chi connectivity index (χ2n) is 7.51. The van der Waals surface area contributed by atoms with Gasteiger partial charge in [0, 0.05) is 22.6 Å². The van der Waals surface area contributed by atoms with E-state index in [9.17, 15) is 14.7 Å². The molecule has 1 aliphatic carbocycles. The molecule has 0 unspecified atom stereocenters. The molecule has 6 heteroatoms. The summed E-state index contributed by atoms with van der Waals surface area (Å²) < 4.78 is 7.23. The molecule has 3 rings (SSSR count). The van der Waals surface area contributed by atoms with Crippen LogP contribution < -0.4 is 5.32 Å². The summed E-state index contributed by atoms with van der Waals surface area (Å²) in [6.45, 7) is 5.47. The van der Waals surface area contributed by atoms with Crippen molar-refractivity contribution in [3.63, 3.8) is 0 Å². The lowest BCUT2D eigenvalue weighted by Gasteiger charge is -2.27. The molecule has 1 heterocycles. The number of carbonyl (C=O) groups is 2. The lowest BCUT2D eigenvalue weighted by molar-refractivity contribution is -0.137. The van der Waals surface area contributed by atoms with Gasteiger partial charge in [-0.1, -0.05) is 18.2 Å². The average Bonchev–Trinajstić information content (AvgIpc) is 2.79. The Hall–Kier alpha value is -2.50. The van der Waals surface area contributed by atoms with Crippen molar-refractivity contribution in [2.45, 2.75) is 58.2 Å². The fourth-order valence-electron chi connectivity index (χ4n) is 3.51. The van der Waals surface area contributed by atoms with Crippen LogP contribution in [0.2, 0.25) is 0 Å². The van der Waals surface area contributed by atoms with Gasteiger partial charge in [-0.25, -0.2) is 4.79 Å². The highest BCUT2D eigenvalue weighted by Gasteiger charge is 2.28. The Kier molecular flexibility index (Phi) is 4.45. The number of hydrogen-bond acceptors (Lipinski definition) is 3. The number of nitrogens with zero attached hydrogens (tertiary/aromatic N) is 1. The van der Waals surface area contributed by atoms with Crippen LogP contribution in [0.4, 0.5) is 4.79 Å². The Labute approximate surface area is 146 Å². The van der Waals surface area contributed by atoms with E-state index in [2.05, 4.69) is 5.32 Å². The van der Waals surface area contributed by atoms with Crippen molar-refractivity contribution in [1.29, 1.82) is 0 Å². The molecule has 1 aliphatic rings. The number of carboxylic acids is 1. The average molecular weight is 344 g/mol. The van der Waals surface area contributed by atoms with Gasteiger partial charge in [-0.2, -0.15) is 0 Å². The SMILES string of the molecule is CC(C)(C)OC(=O)N[C@@H]1CCc2c(c3ccccc3n2CC(=O)O)C1. The van der Waals surface area contributed by atoms with Crippen molar-refractivity contribution >= 4 is 23.0 Å². The molecule has 0 bridgehead atoms. The van der Waals surface area contributed by atoms with Crippen LogP contribution in [0, 0.1) is 0 Å². The molecule has 6 nitrogen and oxygen atoms in total. The van der Waals surface area contributed by atoms with Crippen molar-refractivity contribution < 1.29 is 19.4 Å². The molecule has 25 heavy (non-hydrogen) atoms. The van der Waals surface area contributed by atoms with Crippen molar-refractivity contribution in [2.75, 3.05) is 0 Å². The molecule has 2 N–H and O–H groups in total. The van der Waals surface area contributed by atoms with Crippen LogP contribution in [0.3, 0.4) is 0 Å². The lowest BCUT2D eigenvalue weighted by atomic mass is 9.91. The fraction of sp³-hybridized carbons (Fsp3) is 0.474. The lowest BCUT2D eigenvalue weighted by Crippen LogP contribution is -2.42. The first-order chi connectivity index (χ1) is 11.7. The van der Waals surface area contributed by atoms with Crippen molar-refractivity contribution in [1.82, 2.24) is 9.88 Å². The van der Waals surface area contributed by atoms with Crippen LogP contribution in [-0.2, 0) is 28.9 Å². The zero-order chi connectivity index (χ0) is 18.2. The van der Waals surface area contributed by atoms with E-state index < -0.39 is 17.7 Å². The minimum Gasteiger partial charge on any atom is -0.480 e. The number of para-hydroxylation sites is 1. The smallest absolute Gasteiger partial charge is 0.407 e. The summed E-state index contributed by atoms with van der Waals surface area (Å²) in [6, 6.07) is 7.84. The Balaban J connectivity index is 1.86. The van der Waals surface area contributed by atoms with E-state index in [0.29, 0.717) is 6.42 Å². The van der Waals surface area contributed by atoms with Gasteiger partial charge in [-0.05, 0) is 51.7 Å². The summed E-state index contributed by atoms with van der Waals surface area (Å²) in [6.07, 6.45) is 1.77. The Bertz CT molecular complexity index is 817. The number of alkyl carbamates (subject to hydrolysis) is 1. The maximum absolute atomic E-state index is 12.0. The number of ether oxygens (including phenoxy) is 1. The maximum atomic E-state index is 12.0. The standard InChI is InChI=1S/C19H24N2O4/c1-19(2,3)25-18(24)20-12-8-9-16-14(10-12)13-6-4-5-7-15(13)21(16)11-17(22)23/h4-7,12H,8-11H2,1-3H3,(H,20,24)(H,22,23)/t12-/m1/s1. The molecule has 0 aliphatic heterocycles. The summed E-state index contributed by atoms with van der Waals surface area (Å²) in [4.78, 5) is 23.3. The Morgan fingerprint density at radius 3 is 2.72 bits per heavy atom. The molecular formula is C19H24N2O4. The number of aliphatic carboxylic acids is 1. The molecule has 0 spiro atoms. The molecule has 0 saturated carbocycles.